The van der Waals surface area contributed by atoms with Gasteiger partial charge in [-0.15, -0.1) is 0 Å². The van der Waals surface area contributed by atoms with Gasteiger partial charge in [0.2, 0.25) is 0 Å². The fourth-order valence-corrected chi connectivity index (χ4v) is 1.40. The number of carbonyl (C=O) groups is 2. The molecule has 0 spiro atoms. The van der Waals surface area contributed by atoms with Gasteiger partial charge in [0, 0.05) is 5.92 Å². The fourth-order valence-electron chi connectivity index (χ4n) is 1.40. The second kappa shape index (κ2) is 5.00. The highest BCUT2D eigenvalue weighted by molar-refractivity contribution is 5.75. The summed E-state index contributed by atoms with van der Waals surface area (Å²) in [5.74, 6) is -0.0256. The lowest BCUT2D eigenvalue weighted by Crippen LogP contribution is -2.32. The van der Waals surface area contributed by atoms with Gasteiger partial charge in [0.1, 0.15) is 6.29 Å². The van der Waals surface area contributed by atoms with Crippen LogP contribution in [0.15, 0.2) is 0 Å². The van der Waals surface area contributed by atoms with E-state index < -0.39 is 0 Å². The fraction of sp³-hybridized carbons (Fsp3) is 0.800. The Morgan fingerprint density at radius 1 is 1.54 bits per heavy atom. The van der Waals surface area contributed by atoms with Crippen LogP contribution in [-0.2, 0) is 14.3 Å². The number of unbranched alkanes of at least 4 members (excludes halogenated alkanes) is 1. The smallest absolute Gasteiger partial charge is 0.308 e. The molecule has 0 unspecified atom stereocenters. The first-order valence-corrected chi connectivity index (χ1v) is 4.89. The van der Waals surface area contributed by atoms with E-state index in [9.17, 15) is 9.59 Å². The molecular weight excluding hydrogens is 168 g/mol. The van der Waals surface area contributed by atoms with E-state index in [4.69, 9.17) is 4.74 Å². The van der Waals surface area contributed by atoms with Crippen LogP contribution in [0.5, 0.6) is 0 Å². The van der Waals surface area contributed by atoms with Gasteiger partial charge in [-0.25, -0.2) is 0 Å². The van der Waals surface area contributed by atoms with Gasteiger partial charge in [0.05, 0.1) is 12.5 Å². The molecule has 3 heteroatoms. The second-order valence-corrected chi connectivity index (χ2v) is 3.59. The lowest BCUT2D eigenvalue weighted by Gasteiger charge is -2.29. The van der Waals surface area contributed by atoms with Gasteiger partial charge >= 0.3 is 5.97 Å². The minimum Gasteiger partial charge on any atom is -0.465 e. The highest BCUT2D eigenvalue weighted by atomic mass is 16.5. The summed E-state index contributed by atoms with van der Waals surface area (Å²) in [5, 5.41) is 0. The molecule has 1 aliphatic rings. The quantitative estimate of drug-likeness (QED) is 0.370. The van der Waals surface area contributed by atoms with Crippen molar-refractivity contribution < 1.29 is 14.3 Å². The van der Waals surface area contributed by atoms with Crippen molar-refractivity contribution in [2.75, 3.05) is 6.61 Å². The summed E-state index contributed by atoms with van der Waals surface area (Å²) in [6.07, 6.45) is 4.27. The van der Waals surface area contributed by atoms with Crippen molar-refractivity contribution in [2.24, 2.45) is 11.8 Å². The van der Waals surface area contributed by atoms with Crippen molar-refractivity contribution in [1.82, 2.24) is 0 Å². The average Bonchev–Trinajstić information content (AvgIpc) is 2.03. The molecular formula is C10H16O3. The molecule has 74 valence electrons. The molecule has 1 fully saturated rings. The Hall–Kier alpha value is -0.860. The van der Waals surface area contributed by atoms with Crippen LogP contribution in [0, 0.1) is 11.8 Å². The number of hydrogen-bond acceptors (Lipinski definition) is 3. The van der Waals surface area contributed by atoms with E-state index in [0.717, 1.165) is 19.1 Å². The summed E-state index contributed by atoms with van der Waals surface area (Å²) in [7, 11) is 0. The molecule has 13 heavy (non-hydrogen) atoms. The van der Waals surface area contributed by atoms with Crippen LogP contribution < -0.4 is 0 Å². The largest absolute Gasteiger partial charge is 0.465 e. The van der Waals surface area contributed by atoms with Crippen LogP contribution >= 0.6 is 0 Å². The Labute approximate surface area is 78.5 Å². The summed E-state index contributed by atoms with van der Waals surface area (Å²) in [6.45, 7) is 2.58. The van der Waals surface area contributed by atoms with Crippen LogP contribution in [0.2, 0.25) is 0 Å². The molecule has 0 radical (unpaired) electrons. The van der Waals surface area contributed by atoms with Crippen molar-refractivity contribution in [1.29, 1.82) is 0 Å². The van der Waals surface area contributed by atoms with Crippen LogP contribution in [-0.4, -0.2) is 18.9 Å². The molecule has 0 aromatic rings. The maximum Gasteiger partial charge on any atom is 0.308 e. The molecule has 1 rings (SSSR count). The highest BCUT2D eigenvalue weighted by Gasteiger charge is 2.35. The predicted octanol–water partition coefficient (Wildman–Crippen LogP) is 1.55. The molecule has 0 aliphatic heterocycles. The van der Waals surface area contributed by atoms with Gasteiger partial charge in [0.15, 0.2) is 0 Å². The third-order valence-corrected chi connectivity index (χ3v) is 2.44. The predicted molar refractivity (Wildman–Crippen MR) is 48.1 cm³/mol. The number of esters is 1. The van der Waals surface area contributed by atoms with Crippen molar-refractivity contribution in [3.05, 3.63) is 0 Å². The number of rotatable bonds is 5. The molecule has 3 nitrogen and oxygen atoms in total. The number of aldehydes is 1. The van der Waals surface area contributed by atoms with Gasteiger partial charge in [-0.05, 0) is 19.3 Å². The summed E-state index contributed by atoms with van der Waals surface area (Å²) in [4.78, 5) is 21.5. The first-order valence-electron chi connectivity index (χ1n) is 4.89. The van der Waals surface area contributed by atoms with Crippen molar-refractivity contribution >= 4 is 12.3 Å². The summed E-state index contributed by atoms with van der Waals surface area (Å²) in [5.41, 5.74) is 0. The zero-order valence-corrected chi connectivity index (χ0v) is 7.99. The molecule has 0 aromatic carbocycles. The SMILES string of the molecule is CCCCOC(=O)C1CC(C=O)C1. The van der Waals surface area contributed by atoms with Gasteiger partial charge in [-0.2, -0.15) is 0 Å². The third-order valence-electron chi connectivity index (χ3n) is 2.44. The number of hydrogen-bond donors (Lipinski definition) is 0. The minimum absolute atomic E-state index is 0.00736. The second-order valence-electron chi connectivity index (χ2n) is 3.59. The van der Waals surface area contributed by atoms with Gasteiger partial charge in [-0.3, -0.25) is 4.79 Å². The molecule has 0 bridgehead atoms. The van der Waals surface area contributed by atoms with Crippen molar-refractivity contribution in [2.45, 2.75) is 32.6 Å². The van der Waals surface area contributed by atoms with Crippen LogP contribution in [0.25, 0.3) is 0 Å². The molecule has 0 N–H and O–H groups in total. The van der Waals surface area contributed by atoms with Gasteiger partial charge in [-0.1, -0.05) is 13.3 Å². The average molecular weight is 184 g/mol. The van der Waals surface area contributed by atoms with Crippen molar-refractivity contribution in [3.8, 4) is 0 Å². The number of carbonyl (C=O) groups excluding carboxylic acids is 2. The van der Waals surface area contributed by atoms with E-state index in [0.29, 0.717) is 19.4 Å². The first-order chi connectivity index (χ1) is 6.27. The Kier molecular flexibility index (Phi) is 3.93. The Morgan fingerprint density at radius 3 is 2.77 bits per heavy atom. The van der Waals surface area contributed by atoms with E-state index in [1.165, 1.54) is 0 Å². The van der Waals surface area contributed by atoms with Gasteiger partial charge < -0.3 is 9.53 Å². The first kappa shape index (κ1) is 10.2. The summed E-state index contributed by atoms with van der Waals surface area (Å²) >= 11 is 0. The maximum absolute atomic E-state index is 11.2. The third kappa shape index (κ3) is 2.83. The number of ether oxygens (including phenoxy) is 1. The highest BCUT2D eigenvalue weighted by Crippen LogP contribution is 2.32. The van der Waals surface area contributed by atoms with E-state index in [1.807, 2.05) is 0 Å². The molecule has 0 heterocycles. The lowest BCUT2D eigenvalue weighted by atomic mass is 9.76. The zero-order valence-electron chi connectivity index (χ0n) is 7.99. The van der Waals surface area contributed by atoms with E-state index in [1.54, 1.807) is 0 Å². The zero-order chi connectivity index (χ0) is 9.68. The summed E-state index contributed by atoms with van der Waals surface area (Å²) in [6, 6.07) is 0. The topological polar surface area (TPSA) is 43.4 Å². The Morgan fingerprint density at radius 2 is 2.23 bits per heavy atom. The van der Waals surface area contributed by atoms with E-state index in [2.05, 4.69) is 6.92 Å². The van der Waals surface area contributed by atoms with E-state index >= 15 is 0 Å². The maximum atomic E-state index is 11.2. The molecule has 0 saturated heterocycles. The molecule has 0 atom stereocenters. The Balaban J connectivity index is 2.08. The van der Waals surface area contributed by atoms with Crippen LogP contribution in [0.3, 0.4) is 0 Å². The van der Waals surface area contributed by atoms with Crippen molar-refractivity contribution in [3.63, 3.8) is 0 Å². The minimum atomic E-state index is -0.119. The molecule has 1 aliphatic carbocycles. The molecule has 0 amide bonds. The monoisotopic (exact) mass is 184 g/mol. The van der Waals surface area contributed by atoms with Gasteiger partial charge in [0.25, 0.3) is 0 Å². The molecule has 0 aromatic heterocycles. The normalized spacial score (nSPS) is 26.2. The summed E-state index contributed by atoms with van der Waals surface area (Å²) < 4.78 is 5.02. The van der Waals surface area contributed by atoms with E-state index in [-0.39, 0.29) is 17.8 Å². The Bertz CT molecular complexity index is 183. The lowest BCUT2D eigenvalue weighted by molar-refractivity contribution is -0.153. The standard InChI is InChI=1S/C10H16O3/c1-2-3-4-13-10(12)9-5-8(6-9)7-11/h7-9H,2-6H2,1H3. The van der Waals surface area contributed by atoms with Crippen LogP contribution in [0.4, 0.5) is 0 Å². The molecule has 1 saturated carbocycles. The van der Waals surface area contributed by atoms with Crippen LogP contribution in [0.1, 0.15) is 32.6 Å².